The van der Waals surface area contributed by atoms with E-state index in [1.165, 1.54) is 4.70 Å². The molecule has 14 heavy (non-hydrogen) atoms. The van der Waals surface area contributed by atoms with Crippen molar-refractivity contribution in [3.63, 3.8) is 0 Å². The first-order valence-electron chi connectivity index (χ1n) is 4.48. The third-order valence-electron chi connectivity index (χ3n) is 2.14. The molecule has 0 aliphatic rings. The van der Waals surface area contributed by atoms with Gasteiger partial charge in [0.1, 0.15) is 0 Å². The van der Waals surface area contributed by atoms with Crippen molar-refractivity contribution in [3.8, 4) is 0 Å². The number of anilines is 1. The summed E-state index contributed by atoms with van der Waals surface area (Å²) < 4.78 is 1.18. The minimum absolute atomic E-state index is 0.744. The van der Waals surface area contributed by atoms with E-state index in [0.29, 0.717) is 0 Å². The summed E-state index contributed by atoms with van der Waals surface area (Å²) in [6.07, 6.45) is 0. The number of benzene rings is 1. The van der Waals surface area contributed by atoms with Crippen LogP contribution in [0.25, 0.3) is 10.2 Å². The lowest BCUT2D eigenvalue weighted by atomic mass is 10.3. The molecule has 0 fully saturated rings. The van der Waals surface area contributed by atoms with E-state index >= 15 is 0 Å². The fourth-order valence-corrected chi connectivity index (χ4v) is 2.32. The highest BCUT2D eigenvalue weighted by Crippen LogP contribution is 2.29. The van der Waals surface area contributed by atoms with Gasteiger partial charge in [-0.25, -0.2) is 4.98 Å². The number of thiazole rings is 1. The fraction of sp³-hybridized carbons (Fsp3) is 0.300. The summed E-state index contributed by atoms with van der Waals surface area (Å²) >= 11 is 7.59. The monoisotopic (exact) mass is 226 g/mol. The molecular formula is C10H11ClN2S. The molecule has 74 valence electrons. The molecule has 0 bridgehead atoms. The summed E-state index contributed by atoms with van der Waals surface area (Å²) in [5.74, 6) is 0. The summed E-state index contributed by atoms with van der Waals surface area (Å²) in [6.45, 7) is 3.08. The second-order valence-electron chi connectivity index (χ2n) is 3.12. The zero-order valence-corrected chi connectivity index (χ0v) is 9.69. The Morgan fingerprint density at radius 1 is 1.50 bits per heavy atom. The van der Waals surface area contributed by atoms with Gasteiger partial charge in [-0.3, -0.25) is 0 Å². The lowest BCUT2D eigenvalue weighted by Gasteiger charge is -2.10. The van der Waals surface area contributed by atoms with Crippen molar-refractivity contribution >= 4 is 38.3 Å². The van der Waals surface area contributed by atoms with E-state index in [4.69, 9.17) is 11.6 Å². The number of hydrogen-bond donors (Lipinski definition) is 0. The van der Waals surface area contributed by atoms with Crippen molar-refractivity contribution in [2.75, 3.05) is 18.5 Å². The van der Waals surface area contributed by atoms with Crippen LogP contribution in [0.4, 0.5) is 5.13 Å². The van der Waals surface area contributed by atoms with Gasteiger partial charge in [0.2, 0.25) is 0 Å². The third kappa shape index (κ3) is 1.70. The Bertz CT molecular complexity index is 452. The molecule has 0 saturated heterocycles. The number of aromatic nitrogens is 1. The van der Waals surface area contributed by atoms with Crippen LogP contribution in [-0.4, -0.2) is 18.6 Å². The molecule has 1 aromatic heterocycles. The standard InChI is InChI=1S/C10H11ClN2S/c1-3-13(2)10-12-8-6-7(11)4-5-9(8)14-10/h4-6H,3H2,1-2H3. The minimum Gasteiger partial charge on any atom is -0.351 e. The van der Waals surface area contributed by atoms with Gasteiger partial charge in [-0.05, 0) is 25.1 Å². The molecule has 0 saturated carbocycles. The van der Waals surface area contributed by atoms with E-state index in [9.17, 15) is 0 Å². The van der Waals surface area contributed by atoms with E-state index in [-0.39, 0.29) is 0 Å². The SMILES string of the molecule is CCN(C)c1nc2cc(Cl)ccc2s1. The van der Waals surface area contributed by atoms with Crippen LogP contribution in [0.5, 0.6) is 0 Å². The summed E-state index contributed by atoms with van der Waals surface area (Å²) in [6, 6.07) is 5.82. The Kier molecular flexibility index (Phi) is 2.61. The van der Waals surface area contributed by atoms with Gasteiger partial charge in [0.25, 0.3) is 0 Å². The number of halogens is 1. The minimum atomic E-state index is 0.744. The molecule has 4 heteroatoms. The molecule has 0 aliphatic heterocycles. The van der Waals surface area contributed by atoms with E-state index in [0.717, 1.165) is 22.2 Å². The highest BCUT2D eigenvalue weighted by molar-refractivity contribution is 7.22. The van der Waals surface area contributed by atoms with Crippen LogP contribution in [-0.2, 0) is 0 Å². The maximum Gasteiger partial charge on any atom is 0.186 e. The van der Waals surface area contributed by atoms with Crippen LogP contribution in [0, 0.1) is 0 Å². The molecule has 1 aromatic carbocycles. The van der Waals surface area contributed by atoms with E-state index in [2.05, 4.69) is 16.8 Å². The number of hydrogen-bond acceptors (Lipinski definition) is 3. The van der Waals surface area contributed by atoms with Crippen molar-refractivity contribution in [2.24, 2.45) is 0 Å². The Hall–Kier alpha value is -0.800. The highest BCUT2D eigenvalue weighted by atomic mass is 35.5. The number of fused-ring (bicyclic) bond motifs is 1. The lowest BCUT2D eigenvalue weighted by molar-refractivity contribution is 0.961. The molecule has 2 rings (SSSR count). The van der Waals surface area contributed by atoms with E-state index in [1.807, 2.05) is 25.2 Å². The second kappa shape index (κ2) is 3.75. The Morgan fingerprint density at radius 3 is 3.00 bits per heavy atom. The Morgan fingerprint density at radius 2 is 2.29 bits per heavy atom. The summed E-state index contributed by atoms with van der Waals surface area (Å²) in [5.41, 5.74) is 0.984. The van der Waals surface area contributed by atoms with Crippen molar-refractivity contribution in [1.82, 2.24) is 4.98 Å². The topological polar surface area (TPSA) is 16.1 Å². The number of nitrogens with zero attached hydrogens (tertiary/aromatic N) is 2. The second-order valence-corrected chi connectivity index (χ2v) is 4.57. The molecule has 1 heterocycles. The Balaban J connectivity index is 2.51. The molecule has 0 N–H and O–H groups in total. The zero-order valence-electron chi connectivity index (χ0n) is 8.12. The van der Waals surface area contributed by atoms with E-state index < -0.39 is 0 Å². The largest absolute Gasteiger partial charge is 0.351 e. The van der Waals surface area contributed by atoms with Gasteiger partial charge in [-0.1, -0.05) is 22.9 Å². The predicted octanol–water partition coefficient (Wildman–Crippen LogP) is 3.41. The van der Waals surface area contributed by atoms with Gasteiger partial charge in [0.05, 0.1) is 10.2 Å². The van der Waals surface area contributed by atoms with E-state index in [1.54, 1.807) is 11.3 Å². The van der Waals surface area contributed by atoms with Crippen LogP contribution in [0.3, 0.4) is 0 Å². The summed E-state index contributed by atoms with van der Waals surface area (Å²) in [7, 11) is 2.04. The lowest BCUT2D eigenvalue weighted by Crippen LogP contribution is -2.14. The third-order valence-corrected chi connectivity index (χ3v) is 3.52. The highest BCUT2D eigenvalue weighted by Gasteiger charge is 2.06. The summed E-state index contributed by atoms with van der Waals surface area (Å²) in [5, 5.41) is 1.79. The van der Waals surface area contributed by atoms with Crippen LogP contribution in [0.15, 0.2) is 18.2 Å². The molecule has 0 aliphatic carbocycles. The van der Waals surface area contributed by atoms with Gasteiger partial charge in [0.15, 0.2) is 5.13 Å². The van der Waals surface area contributed by atoms with Crippen molar-refractivity contribution in [2.45, 2.75) is 6.92 Å². The predicted molar refractivity (Wildman–Crippen MR) is 63.6 cm³/mol. The van der Waals surface area contributed by atoms with Crippen LogP contribution >= 0.6 is 22.9 Å². The normalized spacial score (nSPS) is 10.8. The first kappa shape index (κ1) is 9.74. The van der Waals surface area contributed by atoms with Gasteiger partial charge >= 0.3 is 0 Å². The molecule has 0 spiro atoms. The Labute approximate surface area is 92.1 Å². The van der Waals surface area contributed by atoms with Crippen molar-refractivity contribution in [1.29, 1.82) is 0 Å². The fourth-order valence-electron chi connectivity index (χ4n) is 1.19. The smallest absolute Gasteiger partial charge is 0.186 e. The molecule has 0 unspecified atom stereocenters. The quantitative estimate of drug-likeness (QED) is 0.780. The average molecular weight is 227 g/mol. The molecular weight excluding hydrogens is 216 g/mol. The van der Waals surface area contributed by atoms with Gasteiger partial charge in [0, 0.05) is 18.6 Å². The first-order valence-corrected chi connectivity index (χ1v) is 5.67. The molecule has 2 aromatic rings. The van der Waals surface area contributed by atoms with Gasteiger partial charge in [-0.15, -0.1) is 0 Å². The maximum atomic E-state index is 5.89. The van der Waals surface area contributed by atoms with Crippen LogP contribution in [0.1, 0.15) is 6.92 Å². The molecule has 0 radical (unpaired) electrons. The van der Waals surface area contributed by atoms with Crippen LogP contribution in [0.2, 0.25) is 5.02 Å². The molecule has 2 nitrogen and oxygen atoms in total. The number of rotatable bonds is 2. The van der Waals surface area contributed by atoms with Crippen molar-refractivity contribution < 1.29 is 0 Å². The molecule has 0 atom stereocenters. The van der Waals surface area contributed by atoms with Gasteiger partial charge in [-0.2, -0.15) is 0 Å². The molecule has 0 amide bonds. The zero-order chi connectivity index (χ0) is 10.1. The first-order chi connectivity index (χ1) is 6.70. The van der Waals surface area contributed by atoms with Gasteiger partial charge < -0.3 is 4.90 Å². The average Bonchev–Trinajstić information content (AvgIpc) is 2.59. The summed E-state index contributed by atoms with van der Waals surface area (Å²) in [4.78, 5) is 6.63. The maximum absolute atomic E-state index is 5.89. The van der Waals surface area contributed by atoms with Crippen LogP contribution < -0.4 is 4.90 Å². The van der Waals surface area contributed by atoms with Crippen molar-refractivity contribution in [3.05, 3.63) is 23.2 Å².